The van der Waals surface area contributed by atoms with E-state index in [-0.39, 0.29) is 16.6 Å². The second-order valence-corrected chi connectivity index (χ2v) is 7.21. The van der Waals surface area contributed by atoms with Crippen LogP contribution in [0.2, 0.25) is 0 Å². The minimum Gasteiger partial charge on any atom is -0.502 e. The first-order valence-corrected chi connectivity index (χ1v) is 9.28. The van der Waals surface area contributed by atoms with Crippen molar-refractivity contribution < 1.29 is 29.2 Å². The van der Waals surface area contributed by atoms with E-state index in [4.69, 9.17) is 4.74 Å². The number of carbonyl (C=O) groups is 3. The fraction of sp³-hybridized carbons (Fsp3) is 0.353. The number of nitrogens with zero attached hydrogens (tertiary/aromatic N) is 2. The average molecular weight is 407 g/mol. The molecule has 0 aliphatic carbocycles. The number of amides is 3. The molecule has 1 aromatic rings. The lowest BCUT2D eigenvalue weighted by atomic mass is 10.1. The molecule has 148 valence electrons. The number of thioether (sulfide) groups is 1. The van der Waals surface area contributed by atoms with Crippen LogP contribution in [0.15, 0.2) is 23.1 Å². The number of imide groups is 1. The lowest BCUT2D eigenvalue weighted by molar-refractivity contribution is -0.385. The van der Waals surface area contributed by atoms with Gasteiger partial charge in [0.15, 0.2) is 5.75 Å². The Labute approximate surface area is 163 Å². The van der Waals surface area contributed by atoms with E-state index >= 15 is 0 Å². The Morgan fingerprint density at radius 3 is 2.93 bits per heavy atom. The number of hydrogen-bond donors (Lipinski definition) is 2. The third-order valence-electron chi connectivity index (χ3n) is 4.22. The number of nitrogens with one attached hydrogen (secondary N) is 1. The zero-order valence-electron chi connectivity index (χ0n) is 14.6. The predicted octanol–water partition coefficient (Wildman–Crippen LogP) is 1.63. The first-order chi connectivity index (χ1) is 13.3. The van der Waals surface area contributed by atoms with Crippen LogP contribution in [0.3, 0.4) is 0 Å². The number of phenols is 1. The number of rotatable bonds is 6. The van der Waals surface area contributed by atoms with Gasteiger partial charge in [-0.05, 0) is 42.3 Å². The van der Waals surface area contributed by atoms with Crippen LogP contribution in [0.1, 0.15) is 18.4 Å². The second-order valence-electron chi connectivity index (χ2n) is 6.21. The van der Waals surface area contributed by atoms with Crippen molar-refractivity contribution in [1.29, 1.82) is 0 Å². The highest BCUT2D eigenvalue weighted by Crippen LogP contribution is 2.33. The van der Waals surface area contributed by atoms with Crippen molar-refractivity contribution in [2.75, 3.05) is 19.7 Å². The van der Waals surface area contributed by atoms with Gasteiger partial charge in [-0.15, -0.1) is 0 Å². The molecule has 3 amide bonds. The van der Waals surface area contributed by atoms with Gasteiger partial charge in [0.1, 0.15) is 6.54 Å². The molecule has 3 rings (SSSR count). The molecular formula is C17H17N3O7S. The van der Waals surface area contributed by atoms with Crippen LogP contribution in [0.25, 0.3) is 6.08 Å². The van der Waals surface area contributed by atoms with Gasteiger partial charge >= 0.3 is 5.69 Å². The molecule has 0 radical (unpaired) electrons. The molecule has 1 aromatic carbocycles. The third-order valence-corrected chi connectivity index (χ3v) is 5.13. The standard InChI is InChI=1S/C17H17N3O7S/c21-13-4-3-10(6-12(13)20(25)26)7-14-16(23)19(17(24)28-14)9-15(22)18-8-11-2-1-5-27-11/h3-4,6-7,11,21H,1-2,5,8-9H2,(H,18,22)/b14-7-/t11-/m1/s1. The Balaban J connectivity index is 1.65. The van der Waals surface area contributed by atoms with Gasteiger partial charge in [-0.2, -0.15) is 0 Å². The minimum atomic E-state index is -0.753. The summed E-state index contributed by atoms with van der Waals surface area (Å²) in [5, 5.41) is 22.4. The number of ether oxygens (including phenoxy) is 1. The summed E-state index contributed by atoms with van der Waals surface area (Å²) in [6.45, 7) is 0.566. The smallest absolute Gasteiger partial charge is 0.311 e. The predicted molar refractivity (Wildman–Crippen MR) is 99.4 cm³/mol. The summed E-state index contributed by atoms with van der Waals surface area (Å²) in [5.74, 6) is -1.63. The van der Waals surface area contributed by atoms with Crippen molar-refractivity contribution in [1.82, 2.24) is 10.2 Å². The topological polar surface area (TPSA) is 139 Å². The van der Waals surface area contributed by atoms with Gasteiger partial charge in [0.25, 0.3) is 11.1 Å². The number of nitro groups is 1. The first-order valence-electron chi connectivity index (χ1n) is 8.46. The maximum absolute atomic E-state index is 12.4. The molecule has 2 aliphatic heterocycles. The summed E-state index contributed by atoms with van der Waals surface area (Å²) in [6.07, 6.45) is 3.04. The van der Waals surface area contributed by atoms with Gasteiger partial charge in [0.05, 0.1) is 15.9 Å². The zero-order chi connectivity index (χ0) is 20.3. The Hall–Kier alpha value is -2.92. The number of nitro benzene ring substituents is 1. The van der Waals surface area contributed by atoms with Crippen molar-refractivity contribution >= 4 is 40.6 Å². The molecule has 2 saturated heterocycles. The maximum Gasteiger partial charge on any atom is 0.311 e. The summed E-state index contributed by atoms with van der Waals surface area (Å²) in [6, 6.07) is 3.61. The summed E-state index contributed by atoms with van der Waals surface area (Å²) < 4.78 is 5.39. The van der Waals surface area contributed by atoms with Crippen LogP contribution in [0.5, 0.6) is 5.75 Å². The maximum atomic E-state index is 12.4. The van der Waals surface area contributed by atoms with Gasteiger partial charge in [-0.25, -0.2) is 0 Å². The number of phenolic OH excluding ortho intramolecular Hbond substituents is 1. The molecule has 0 bridgehead atoms. The molecule has 2 aliphatic rings. The monoisotopic (exact) mass is 407 g/mol. The molecule has 0 spiro atoms. The summed E-state index contributed by atoms with van der Waals surface area (Å²) in [4.78, 5) is 47.5. The van der Waals surface area contributed by atoms with E-state index in [0.717, 1.165) is 29.9 Å². The molecule has 0 saturated carbocycles. The summed E-state index contributed by atoms with van der Waals surface area (Å²) in [5.41, 5.74) is -0.237. The van der Waals surface area contributed by atoms with E-state index in [1.165, 1.54) is 12.1 Å². The van der Waals surface area contributed by atoms with Gasteiger partial charge in [0.2, 0.25) is 5.91 Å². The molecule has 11 heteroatoms. The SMILES string of the molecule is O=C(CN1C(=O)S/C(=C\c2ccc(O)c([N+](=O)[O-])c2)C1=O)NC[C@H]1CCCO1. The number of hydrogen-bond acceptors (Lipinski definition) is 8. The van der Waals surface area contributed by atoms with Crippen LogP contribution in [0, 0.1) is 10.1 Å². The number of aromatic hydroxyl groups is 1. The van der Waals surface area contributed by atoms with Crippen molar-refractivity contribution in [3.63, 3.8) is 0 Å². The van der Waals surface area contributed by atoms with Gasteiger partial charge in [-0.3, -0.25) is 29.4 Å². The highest BCUT2D eigenvalue weighted by atomic mass is 32.2. The zero-order valence-corrected chi connectivity index (χ0v) is 15.4. The van der Waals surface area contributed by atoms with Crippen LogP contribution in [-0.2, 0) is 14.3 Å². The van der Waals surface area contributed by atoms with Crippen LogP contribution in [0.4, 0.5) is 10.5 Å². The van der Waals surface area contributed by atoms with Gasteiger partial charge in [-0.1, -0.05) is 6.07 Å². The molecule has 10 nitrogen and oxygen atoms in total. The average Bonchev–Trinajstić information content (AvgIpc) is 3.25. The molecular weight excluding hydrogens is 390 g/mol. The fourth-order valence-corrected chi connectivity index (χ4v) is 3.63. The molecule has 2 N–H and O–H groups in total. The molecule has 0 unspecified atom stereocenters. The summed E-state index contributed by atoms with van der Waals surface area (Å²) in [7, 11) is 0. The molecule has 28 heavy (non-hydrogen) atoms. The van der Waals surface area contributed by atoms with Gasteiger partial charge < -0.3 is 15.2 Å². The third kappa shape index (κ3) is 4.49. The second kappa shape index (κ2) is 8.40. The Bertz CT molecular complexity index is 864. The number of benzene rings is 1. The quantitative estimate of drug-likeness (QED) is 0.412. The van der Waals surface area contributed by atoms with Crippen molar-refractivity contribution in [2.24, 2.45) is 0 Å². The van der Waals surface area contributed by atoms with Crippen LogP contribution in [-0.4, -0.2) is 57.8 Å². The molecule has 2 heterocycles. The Kier molecular flexibility index (Phi) is 5.95. The lowest BCUT2D eigenvalue weighted by Crippen LogP contribution is -2.41. The molecule has 0 aromatic heterocycles. The first kappa shape index (κ1) is 19.8. The highest BCUT2D eigenvalue weighted by Gasteiger charge is 2.36. The van der Waals surface area contributed by atoms with Gasteiger partial charge in [0, 0.05) is 19.2 Å². The molecule has 1 atom stereocenters. The van der Waals surface area contributed by atoms with E-state index in [1.807, 2.05) is 0 Å². The summed E-state index contributed by atoms with van der Waals surface area (Å²) >= 11 is 0.642. The van der Waals surface area contributed by atoms with Crippen molar-refractivity contribution in [3.8, 4) is 5.75 Å². The minimum absolute atomic E-state index is 0.0388. The Morgan fingerprint density at radius 1 is 1.46 bits per heavy atom. The van der Waals surface area contributed by atoms with E-state index < -0.39 is 40.0 Å². The largest absolute Gasteiger partial charge is 0.502 e. The van der Waals surface area contributed by atoms with E-state index in [1.54, 1.807) is 0 Å². The van der Waals surface area contributed by atoms with Crippen molar-refractivity contribution in [2.45, 2.75) is 18.9 Å². The van der Waals surface area contributed by atoms with E-state index in [2.05, 4.69) is 5.32 Å². The van der Waals surface area contributed by atoms with Crippen molar-refractivity contribution in [3.05, 3.63) is 38.8 Å². The lowest BCUT2D eigenvalue weighted by Gasteiger charge is -2.14. The fourth-order valence-electron chi connectivity index (χ4n) is 2.80. The normalized spacial score (nSPS) is 20.8. The highest BCUT2D eigenvalue weighted by molar-refractivity contribution is 8.18. The van der Waals surface area contributed by atoms with Crippen LogP contribution < -0.4 is 5.32 Å². The number of carbonyl (C=O) groups excluding carboxylic acids is 3. The molecule has 2 fully saturated rings. The van der Waals surface area contributed by atoms with E-state index in [0.29, 0.717) is 24.9 Å². The Morgan fingerprint density at radius 2 is 2.25 bits per heavy atom. The van der Waals surface area contributed by atoms with Crippen LogP contribution >= 0.6 is 11.8 Å². The van der Waals surface area contributed by atoms with E-state index in [9.17, 15) is 29.6 Å².